The highest BCUT2D eigenvalue weighted by Crippen LogP contribution is 2.07. The van der Waals surface area contributed by atoms with Crippen LogP contribution in [0.15, 0.2) is 36.9 Å². The van der Waals surface area contributed by atoms with Gasteiger partial charge >= 0.3 is 0 Å². The zero-order chi connectivity index (χ0) is 10.2. The van der Waals surface area contributed by atoms with Gasteiger partial charge in [0.1, 0.15) is 0 Å². The number of hydrogen-bond acceptors (Lipinski definition) is 1. The van der Waals surface area contributed by atoms with Crippen molar-refractivity contribution in [2.75, 3.05) is 13.6 Å². The molecule has 0 saturated heterocycles. The van der Waals surface area contributed by atoms with Crippen molar-refractivity contribution >= 4 is 0 Å². The summed E-state index contributed by atoms with van der Waals surface area (Å²) in [6.07, 6.45) is 5.28. The van der Waals surface area contributed by atoms with E-state index in [1.54, 1.807) is 0 Å². The lowest BCUT2D eigenvalue weighted by Gasteiger charge is -2.02. The Morgan fingerprint density at radius 1 is 1.21 bits per heavy atom. The smallest absolute Gasteiger partial charge is 0.00488 e. The monoisotopic (exact) mass is 189 g/mol. The molecule has 0 aliphatic rings. The molecule has 0 heterocycles. The highest BCUT2D eigenvalue weighted by Gasteiger charge is 1.93. The maximum atomic E-state index is 3.73. The van der Waals surface area contributed by atoms with E-state index in [-0.39, 0.29) is 0 Å². The molecule has 1 nitrogen and oxygen atoms in total. The minimum absolute atomic E-state index is 0.969. The average molecular weight is 189 g/mol. The van der Waals surface area contributed by atoms with E-state index in [4.69, 9.17) is 0 Å². The maximum Gasteiger partial charge on any atom is -0.00488 e. The molecule has 0 aliphatic carbocycles. The summed E-state index contributed by atoms with van der Waals surface area (Å²) >= 11 is 0. The van der Waals surface area contributed by atoms with Crippen LogP contribution < -0.4 is 5.32 Å². The Balaban J connectivity index is 2.42. The van der Waals surface area contributed by atoms with Gasteiger partial charge in [0.05, 0.1) is 0 Å². The van der Waals surface area contributed by atoms with Crippen LogP contribution >= 0.6 is 0 Å². The standard InChI is InChI=1S/C13H19N/c1-3-5-12-7-9-13(10-8-12)6-4-11-14-2/h3,7-10,14H,1,4-6,11H2,2H3. The topological polar surface area (TPSA) is 12.0 Å². The molecule has 1 aromatic carbocycles. The van der Waals surface area contributed by atoms with E-state index in [1.165, 1.54) is 17.5 Å². The number of nitrogens with one attached hydrogen (secondary N) is 1. The Hall–Kier alpha value is -1.08. The van der Waals surface area contributed by atoms with Crippen LogP contribution in [0.5, 0.6) is 0 Å². The van der Waals surface area contributed by atoms with Gasteiger partial charge in [0.2, 0.25) is 0 Å². The van der Waals surface area contributed by atoms with Crippen LogP contribution in [0.25, 0.3) is 0 Å². The largest absolute Gasteiger partial charge is 0.320 e. The first kappa shape index (κ1) is 11.0. The summed E-state index contributed by atoms with van der Waals surface area (Å²) in [5.74, 6) is 0. The van der Waals surface area contributed by atoms with E-state index >= 15 is 0 Å². The Labute approximate surface area is 86.8 Å². The first-order valence-electron chi connectivity index (χ1n) is 5.20. The summed E-state index contributed by atoms with van der Waals surface area (Å²) in [5, 5.41) is 3.16. The second-order valence-corrected chi connectivity index (χ2v) is 3.52. The summed E-state index contributed by atoms with van der Waals surface area (Å²) in [6.45, 7) is 4.82. The van der Waals surface area contributed by atoms with Gasteiger partial charge in [-0.2, -0.15) is 0 Å². The van der Waals surface area contributed by atoms with Crippen molar-refractivity contribution in [3.05, 3.63) is 48.0 Å². The zero-order valence-corrected chi connectivity index (χ0v) is 8.92. The van der Waals surface area contributed by atoms with Gasteiger partial charge in [0, 0.05) is 0 Å². The molecule has 0 aliphatic heterocycles. The van der Waals surface area contributed by atoms with E-state index in [0.717, 1.165) is 19.4 Å². The van der Waals surface area contributed by atoms with E-state index in [0.29, 0.717) is 0 Å². The quantitative estimate of drug-likeness (QED) is 0.535. The lowest BCUT2D eigenvalue weighted by Crippen LogP contribution is -2.08. The van der Waals surface area contributed by atoms with Crippen molar-refractivity contribution < 1.29 is 0 Å². The lowest BCUT2D eigenvalue weighted by molar-refractivity contribution is 0.724. The summed E-state index contributed by atoms with van der Waals surface area (Å²) in [7, 11) is 1.99. The van der Waals surface area contributed by atoms with Crippen LogP contribution in [-0.2, 0) is 12.8 Å². The van der Waals surface area contributed by atoms with E-state index < -0.39 is 0 Å². The lowest BCUT2D eigenvalue weighted by atomic mass is 10.1. The van der Waals surface area contributed by atoms with Gasteiger partial charge in [0.25, 0.3) is 0 Å². The van der Waals surface area contributed by atoms with Crippen LogP contribution in [0.1, 0.15) is 17.5 Å². The minimum atomic E-state index is 0.969. The number of aryl methyl sites for hydroxylation is 1. The molecule has 76 valence electrons. The first-order valence-corrected chi connectivity index (χ1v) is 5.20. The highest BCUT2D eigenvalue weighted by molar-refractivity contribution is 5.23. The van der Waals surface area contributed by atoms with E-state index in [9.17, 15) is 0 Å². The number of benzene rings is 1. The number of rotatable bonds is 6. The third kappa shape index (κ3) is 3.75. The van der Waals surface area contributed by atoms with Crippen LogP contribution in [0, 0.1) is 0 Å². The summed E-state index contributed by atoms with van der Waals surface area (Å²) in [6, 6.07) is 8.82. The first-order chi connectivity index (χ1) is 6.86. The van der Waals surface area contributed by atoms with Crippen molar-refractivity contribution in [1.29, 1.82) is 0 Å². The maximum absolute atomic E-state index is 3.73. The molecule has 0 aromatic heterocycles. The van der Waals surface area contributed by atoms with Crippen molar-refractivity contribution in [1.82, 2.24) is 5.32 Å². The molecule has 0 atom stereocenters. The van der Waals surface area contributed by atoms with E-state index in [1.807, 2.05) is 13.1 Å². The van der Waals surface area contributed by atoms with Gasteiger partial charge < -0.3 is 5.32 Å². The second kappa shape index (κ2) is 6.39. The fourth-order valence-electron chi connectivity index (χ4n) is 1.48. The van der Waals surface area contributed by atoms with Gasteiger partial charge in [-0.1, -0.05) is 30.3 Å². The molecule has 1 aromatic rings. The second-order valence-electron chi connectivity index (χ2n) is 3.52. The number of allylic oxidation sites excluding steroid dienone is 1. The molecule has 0 fully saturated rings. The van der Waals surface area contributed by atoms with Gasteiger partial charge in [0.15, 0.2) is 0 Å². The molecular weight excluding hydrogens is 170 g/mol. The Morgan fingerprint density at radius 3 is 2.43 bits per heavy atom. The molecule has 1 N–H and O–H groups in total. The van der Waals surface area contributed by atoms with Crippen molar-refractivity contribution in [3.8, 4) is 0 Å². The van der Waals surface area contributed by atoms with Crippen LogP contribution in [0.2, 0.25) is 0 Å². The summed E-state index contributed by atoms with van der Waals surface area (Å²) < 4.78 is 0. The van der Waals surface area contributed by atoms with Crippen LogP contribution in [-0.4, -0.2) is 13.6 Å². The van der Waals surface area contributed by atoms with Crippen LogP contribution in [0.3, 0.4) is 0 Å². The molecule has 0 radical (unpaired) electrons. The highest BCUT2D eigenvalue weighted by atomic mass is 14.8. The molecule has 0 amide bonds. The van der Waals surface area contributed by atoms with E-state index in [2.05, 4.69) is 36.2 Å². The van der Waals surface area contributed by atoms with Gasteiger partial charge in [-0.25, -0.2) is 0 Å². The third-order valence-corrected chi connectivity index (χ3v) is 2.30. The average Bonchev–Trinajstić information content (AvgIpc) is 2.21. The molecular formula is C13H19N. The van der Waals surface area contributed by atoms with Gasteiger partial charge in [-0.05, 0) is 44.0 Å². The molecule has 0 saturated carbocycles. The van der Waals surface area contributed by atoms with Crippen molar-refractivity contribution in [2.45, 2.75) is 19.3 Å². The zero-order valence-electron chi connectivity index (χ0n) is 8.92. The van der Waals surface area contributed by atoms with Gasteiger partial charge in [-0.3, -0.25) is 0 Å². The molecule has 0 bridgehead atoms. The predicted octanol–water partition coefficient (Wildman–Crippen LogP) is 2.57. The third-order valence-electron chi connectivity index (χ3n) is 2.30. The normalized spacial score (nSPS) is 10.1. The molecule has 0 spiro atoms. The number of hydrogen-bond donors (Lipinski definition) is 1. The molecule has 1 heteroatoms. The molecule has 0 unspecified atom stereocenters. The summed E-state index contributed by atoms with van der Waals surface area (Å²) in [5.41, 5.74) is 2.77. The Morgan fingerprint density at radius 2 is 1.86 bits per heavy atom. The van der Waals surface area contributed by atoms with Crippen LogP contribution in [0.4, 0.5) is 0 Å². The molecule has 1 rings (SSSR count). The molecule has 14 heavy (non-hydrogen) atoms. The Bertz CT molecular complexity index is 261. The fraction of sp³-hybridized carbons (Fsp3) is 0.385. The van der Waals surface area contributed by atoms with Crippen molar-refractivity contribution in [2.24, 2.45) is 0 Å². The SMILES string of the molecule is C=CCc1ccc(CCCNC)cc1. The Kier molecular flexibility index (Phi) is 5.02. The minimum Gasteiger partial charge on any atom is -0.320 e. The fourth-order valence-corrected chi connectivity index (χ4v) is 1.48. The summed E-state index contributed by atoms with van der Waals surface area (Å²) in [4.78, 5) is 0. The predicted molar refractivity (Wildman–Crippen MR) is 62.6 cm³/mol. The van der Waals surface area contributed by atoms with Gasteiger partial charge in [-0.15, -0.1) is 6.58 Å². The van der Waals surface area contributed by atoms with Crippen molar-refractivity contribution in [3.63, 3.8) is 0 Å².